The van der Waals surface area contributed by atoms with Crippen LogP contribution in [0, 0.1) is 0 Å². The van der Waals surface area contributed by atoms with E-state index in [2.05, 4.69) is 32.4 Å². The topological polar surface area (TPSA) is 70.2 Å². The average Bonchev–Trinajstić information content (AvgIpc) is 2.87. The third-order valence-electron chi connectivity index (χ3n) is 3.40. The van der Waals surface area contributed by atoms with Gasteiger partial charge in [-0.2, -0.15) is 0 Å². The maximum Gasteiger partial charge on any atom is 0.239 e. The van der Waals surface area contributed by atoms with Crippen LogP contribution >= 0.6 is 0 Å². The van der Waals surface area contributed by atoms with Gasteiger partial charge in [-0.05, 0) is 25.9 Å². The van der Waals surface area contributed by atoms with Crippen molar-refractivity contribution >= 4 is 11.7 Å². The minimum Gasteiger partial charge on any atom is -0.308 e. The lowest BCUT2D eigenvalue weighted by atomic mass is 10.2. The van der Waals surface area contributed by atoms with Crippen LogP contribution in [0.15, 0.2) is 18.6 Å². The first-order valence-electron chi connectivity index (χ1n) is 6.80. The fourth-order valence-corrected chi connectivity index (χ4v) is 2.45. The molecule has 2 N–H and O–H groups in total. The molecule has 1 atom stereocenters. The van der Waals surface area contributed by atoms with Gasteiger partial charge in [0.2, 0.25) is 5.91 Å². The SMILES string of the molecule is CCN1CCC[C@H]1CNCC(=O)Nc1cnccn1. The number of likely N-dealkylation sites (tertiary alicyclic amines) is 1. The van der Waals surface area contributed by atoms with Crippen LogP contribution in [0.4, 0.5) is 5.82 Å². The number of carbonyl (C=O) groups excluding carboxylic acids is 1. The minimum atomic E-state index is -0.0819. The molecule has 1 aromatic heterocycles. The number of hydrogen-bond donors (Lipinski definition) is 2. The molecule has 1 aliphatic heterocycles. The Balaban J connectivity index is 1.67. The zero-order valence-electron chi connectivity index (χ0n) is 11.3. The second-order valence-corrected chi connectivity index (χ2v) is 4.69. The van der Waals surface area contributed by atoms with Crippen LogP contribution in [0.3, 0.4) is 0 Å². The van der Waals surface area contributed by atoms with Crippen LogP contribution in [-0.4, -0.2) is 53.0 Å². The first-order valence-corrected chi connectivity index (χ1v) is 6.80. The van der Waals surface area contributed by atoms with E-state index in [0.29, 0.717) is 18.4 Å². The molecule has 0 radical (unpaired) electrons. The quantitative estimate of drug-likeness (QED) is 0.781. The van der Waals surface area contributed by atoms with Crippen molar-refractivity contribution in [1.82, 2.24) is 20.2 Å². The highest BCUT2D eigenvalue weighted by molar-refractivity contribution is 5.91. The maximum atomic E-state index is 11.7. The molecule has 2 rings (SSSR count). The molecule has 1 fully saturated rings. The van der Waals surface area contributed by atoms with Crippen molar-refractivity contribution in [2.24, 2.45) is 0 Å². The highest BCUT2D eigenvalue weighted by atomic mass is 16.1. The van der Waals surface area contributed by atoms with E-state index in [9.17, 15) is 4.79 Å². The molecule has 1 amide bonds. The van der Waals surface area contributed by atoms with Gasteiger partial charge < -0.3 is 10.6 Å². The molecule has 1 aliphatic rings. The second-order valence-electron chi connectivity index (χ2n) is 4.69. The predicted molar refractivity (Wildman–Crippen MR) is 73.8 cm³/mol. The summed E-state index contributed by atoms with van der Waals surface area (Å²) in [5.74, 6) is 0.409. The summed E-state index contributed by atoms with van der Waals surface area (Å²) in [6.45, 7) is 5.61. The van der Waals surface area contributed by atoms with Crippen LogP contribution in [0.2, 0.25) is 0 Å². The van der Waals surface area contributed by atoms with Crippen molar-refractivity contribution in [2.75, 3.05) is 31.5 Å². The molecule has 0 spiro atoms. The van der Waals surface area contributed by atoms with E-state index < -0.39 is 0 Å². The summed E-state index contributed by atoms with van der Waals surface area (Å²) in [4.78, 5) is 22.0. The smallest absolute Gasteiger partial charge is 0.239 e. The Morgan fingerprint density at radius 1 is 1.53 bits per heavy atom. The highest BCUT2D eigenvalue weighted by Gasteiger charge is 2.22. The molecule has 2 heterocycles. The fourth-order valence-electron chi connectivity index (χ4n) is 2.45. The molecule has 0 saturated carbocycles. The summed E-state index contributed by atoms with van der Waals surface area (Å²) in [7, 11) is 0. The maximum absolute atomic E-state index is 11.7. The van der Waals surface area contributed by atoms with Crippen LogP contribution in [0.1, 0.15) is 19.8 Å². The largest absolute Gasteiger partial charge is 0.308 e. The molecule has 1 aromatic rings. The van der Waals surface area contributed by atoms with Gasteiger partial charge in [0.1, 0.15) is 0 Å². The number of carbonyl (C=O) groups is 1. The van der Waals surface area contributed by atoms with Crippen molar-refractivity contribution < 1.29 is 4.79 Å². The van der Waals surface area contributed by atoms with Gasteiger partial charge in [-0.15, -0.1) is 0 Å². The van der Waals surface area contributed by atoms with Gasteiger partial charge in [0, 0.05) is 25.0 Å². The lowest BCUT2D eigenvalue weighted by Gasteiger charge is -2.22. The lowest BCUT2D eigenvalue weighted by molar-refractivity contribution is -0.115. The normalized spacial score (nSPS) is 19.5. The Morgan fingerprint density at radius 2 is 2.42 bits per heavy atom. The zero-order valence-corrected chi connectivity index (χ0v) is 11.3. The summed E-state index contributed by atoms with van der Waals surface area (Å²) < 4.78 is 0. The van der Waals surface area contributed by atoms with Crippen molar-refractivity contribution in [1.29, 1.82) is 0 Å². The first-order chi connectivity index (χ1) is 9.29. The van der Waals surface area contributed by atoms with Crippen molar-refractivity contribution in [3.63, 3.8) is 0 Å². The van der Waals surface area contributed by atoms with Crippen molar-refractivity contribution in [3.05, 3.63) is 18.6 Å². The lowest BCUT2D eigenvalue weighted by Crippen LogP contribution is -2.40. The Labute approximate surface area is 113 Å². The number of aromatic nitrogens is 2. The monoisotopic (exact) mass is 263 g/mol. The van der Waals surface area contributed by atoms with Crippen molar-refractivity contribution in [3.8, 4) is 0 Å². The van der Waals surface area contributed by atoms with Crippen LogP contribution in [0.5, 0.6) is 0 Å². The Bertz CT molecular complexity index is 397. The molecular formula is C13H21N5O. The number of nitrogens with one attached hydrogen (secondary N) is 2. The van der Waals surface area contributed by atoms with Gasteiger partial charge in [0.15, 0.2) is 5.82 Å². The van der Waals surface area contributed by atoms with Crippen molar-refractivity contribution in [2.45, 2.75) is 25.8 Å². The fraction of sp³-hybridized carbons (Fsp3) is 0.615. The van der Waals surface area contributed by atoms with E-state index in [1.54, 1.807) is 12.4 Å². The molecule has 104 valence electrons. The zero-order chi connectivity index (χ0) is 13.5. The van der Waals surface area contributed by atoms with E-state index in [-0.39, 0.29) is 5.91 Å². The Morgan fingerprint density at radius 3 is 3.16 bits per heavy atom. The third-order valence-corrected chi connectivity index (χ3v) is 3.40. The summed E-state index contributed by atoms with van der Waals surface area (Å²) in [6, 6.07) is 0.564. The summed E-state index contributed by atoms with van der Waals surface area (Å²) in [6.07, 6.45) is 7.14. The van der Waals surface area contributed by atoms with E-state index in [0.717, 1.165) is 13.1 Å². The molecule has 0 bridgehead atoms. The van der Waals surface area contributed by atoms with Crippen LogP contribution in [-0.2, 0) is 4.79 Å². The van der Waals surface area contributed by atoms with Gasteiger partial charge in [0.05, 0.1) is 12.7 Å². The molecule has 1 saturated heterocycles. The molecule has 6 heteroatoms. The first kappa shape index (κ1) is 13.9. The molecule has 19 heavy (non-hydrogen) atoms. The molecule has 0 unspecified atom stereocenters. The number of hydrogen-bond acceptors (Lipinski definition) is 5. The van der Waals surface area contributed by atoms with E-state index in [1.807, 2.05) is 0 Å². The highest BCUT2D eigenvalue weighted by Crippen LogP contribution is 2.15. The molecular weight excluding hydrogens is 242 g/mol. The van der Waals surface area contributed by atoms with E-state index >= 15 is 0 Å². The summed E-state index contributed by atoms with van der Waals surface area (Å²) >= 11 is 0. The predicted octanol–water partition coefficient (Wildman–Crippen LogP) is 0.489. The van der Waals surface area contributed by atoms with Gasteiger partial charge in [0.25, 0.3) is 0 Å². The van der Waals surface area contributed by atoms with Gasteiger partial charge in [-0.1, -0.05) is 6.92 Å². The average molecular weight is 263 g/mol. The standard InChI is InChI=1S/C13H21N5O/c1-2-18-7-3-4-11(18)8-15-10-13(19)17-12-9-14-5-6-16-12/h5-6,9,11,15H,2-4,7-8,10H2,1H3,(H,16,17,19)/t11-/m0/s1. The molecule has 0 aromatic carbocycles. The second kappa shape index (κ2) is 7.16. The number of amides is 1. The Hall–Kier alpha value is -1.53. The number of nitrogens with zero attached hydrogens (tertiary/aromatic N) is 3. The summed E-state index contributed by atoms with van der Waals surface area (Å²) in [5, 5.41) is 5.91. The Kier molecular flexibility index (Phi) is 5.23. The van der Waals surface area contributed by atoms with Gasteiger partial charge in [-0.3, -0.25) is 14.7 Å². The van der Waals surface area contributed by atoms with E-state index in [1.165, 1.54) is 25.6 Å². The number of rotatable bonds is 6. The number of likely N-dealkylation sites (N-methyl/N-ethyl adjacent to an activating group) is 1. The van der Waals surface area contributed by atoms with Crippen LogP contribution < -0.4 is 10.6 Å². The van der Waals surface area contributed by atoms with Gasteiger partial charge in [-0.25, -0.2) is 4.98 Å². The third kappa shape index (κ3) is 4.25. The molecule has 0 aliphatic carbocycles. The minimum absolute atomic E-state index is 0.0819. The molecule has 6 nitrogen and oxygen atoms in total. The summed E-state index contributed by atoms with van der Waals surface area (Å²) in [5.41, 5.74) is 0. The van der Waals surface area contributed by atoms with Crippen LogP contribution in [0.25, 0.3) is 0 Å². The van der Waals surface area contributed by atoms with Gasteiger partial charge >= 0.3 is 0 Å². The van der Waals surface area contributed by atoms with E-state index in [4.69, 9.17) is 0 Å². The number of anilines is 1.